The van der Waals surface area contributed by atoms with Crippen LogP contribution in [-0.4, -0.2) is 24.7 Å². The van der Waals surface area contributed by atoms with E-state index in [4.69, 9.17) is 21.1 Å². The van der Waals surface area contributed by atoms with Crippen LogP contribution >= 0.6 is 22.9 Å². The molecule has 1 N–H and O–H groups in total. The molecule has 0 bridgehead atoms. The van der Waals surface area contributed by atoms with E-state index in [1.807, 2.05) is 66.7 Å². The molecule has 1 amide bonds. The van der Waals surface area contributed by atoms with Crippen LogP contribution in [0.25, 0.3) is 20.9 Å². The molecule has 0 atom stereocenters. The second kappa shape index (κ2) is 10.6. The zero-order chi connectivity index (χ0) is 24.9. The van der Waals surface area contributed by atoms with Crippen molar-refractivity contribution in [2.24, 2.45) is 5.10 Å². The van der Waals surface area contributed by atoms with Crippen LogP contribution in [0.4, 0.5) is 0 Å². The van der Waals surface area contributed by atoms with Crippen molar-refractivity contribution in [3.63, 3.8) is 0 Å². The second-order valence-electron chi connectivity index (χ2n) is 7.79. The molecule has 8 heteroatoms. The van der Waals surface area contributed by atoms with E-state index in [9.17, 15) is 9.59 Å². The summed E-state index contributed by atoms with van der Waals surface area (Å²) in [6, 6.07) is 27.8. The Hall–Kier alpha value is -4.20. The highest BCUT2D eigenvalue weighted by Gasteiger charge is 2.18. The van der Waals surface area contributed by atoms with Crippen molar-refractivity contribution in [1.82, 2.24) is 5.43 Å². The maximum atomic E-state index is 12.6. The highest BCUT2D eigenvalue weighted by molar-refractivity contribution is 7.21. The fraction of sp³-hybridized carbons (Fsp3) is 0.0357. The summed E-state index contributed by atoms with van der Waals surface area (Å²) >= 11 is 7.65. The van der Waals surface area contributed by atoms with E-state index >= 15 is 0 Å². The summed E-state index contributed by atoms with van der Waals surface area (Å²) in [5.41, 5.74) is 3.15. The molecule has 1 aromatic heterocycles. The molecule has 0 unspecified atom stereocenters. The number of thiophene rings is 1. The summed E-state index contributed by atoms with van der Waals surface area (Å²) in [5.74, 6) is 0.0832. The first kappa shape index (κ1) is 23.5. The minimum Gasteiger partial charge on any atom is -0.484 e. The zero-order valence-corrected chi connectivity index (χ0v) is 20.4. The lowest BCUT2D eigenvalue weighted by molar-refractivity contribution is -0.123. The maximum absolute atomic E-state index is 12.6. The number of nitrogens with one attached hydrogen (secondary N) is 1. The molecule has 178 valence electrons. The second-order valence-corrected chi connectivity index (χ2v) is 9.22. The van der Waals surface area contributed by atoms with Gasteiger partial charge in [0.2, 0.25) is 0 Å². The molecule has 6 nitrogen and oxygen atoms in total. The first-order valence-corrected chi connectivity index (χ1v) is 12.2. The average Bonchev–Trinajstić information content (AvgIpc) is 3.25. The molecule has 0 radical (unpaired) electrons. The highest BCUT2D eigenvalue weighted by atomic mass is 35.5. The number of esters is 1. The third-order valence-corrected chi connectivity index (χ3v) is 6.96. The standard InChI is InChI=1S/C28H19ClN2O4S/c29-26-23-7-3-4-8-24(23)36-27(26)28(33)35-21-12-9-18(10-13-21)16-30-31-25(32)17-34-22-14-11-19-5-1-2-6-20(19)15-22/h1-16H,17H2,(H,31,32)/b30-16+. The molecule has 0 aliphatic heterocycles. The van der Waals surface area contributed by atoms with Crippen molar-refractivity contribution < 1.29 is 19.1 Å². The van der Waals surface area contributed by atoms with Crippen molar-refractivity contribution in [1.29, 1.82) is 0 Å². The maximum Gasteiger partial charge on any atom is 0.355 e. The van der Waals surface area contributed by atoms with Crippen molar-refractivity contribution in [2.45, 2.75) is 0 Å². The summed E-state index contributed by atoms with van der Waals surface area (Å²) in [6.45, 7) is -0.162. The van der Waals surface area contributed by atoms with Crippen LogP contribution < -0.4 is 14.9 Å². The van der Waals surface area contributed by atoms with E-state index in [-0.39, 0.29) is 12.5 Å². The number of carbonyl (C=O) groups excluding carboxylic acids is 2. The Morgan fingerprint density at radius 3 is 2.42 bits per heavy atom. The number of halogens is 1. The van der Waals surface area contributed by atoms with Gasteiger partial charge in [-0.2, -0.15) is 5.10 Å². The highest BCUT2D eigenvalue weighted by Crippen LogP contribution is 2.35. The van der Waals surface area contributed by atoms with E-state index in [1.165, 1.54) is 17.6 Å². The summed E-state index contributed by atoms with van der Waals surface area (Å²) in [6.07, 6.45) is 1.49. The lowest BCUT2D eigenvalue weighted by Crippen LogP contribution is -2.24. The predicted molar refractivity (Wildman–Crippen MR) is 143 cm³/mol. The smallest absolute Gasteiger partial charge is 0.355 e. The van der Waals surface area contributed by atoms with E-state index < -0.39 is 5.97 Å². The number of hydrogen-bond acceptors (Lipinski definition) is 6. The van der Waals surface area contributed by atoms with Crippen LogP contribution in [0.5, 0.6) is 11.5 Å². The fourth-order valence-corrected chi connectivity index (χ4v) is 4.92. The lowest BCUT2D eigenvalue weighted by atomic mass is 10.1. The van der Waals surface area contributed by atoms with Gasteiger partial charge < -0.3 is 9.47 Å². The number of ether oxygens (including phenoxy) is 2. The Morgan fingerprint density at radius 1 is 0.889 bits per heavy atom. The van der Waals surface area contributed by atoms with Gasteiger partial charge in [-0.1, -0.05) is 60.1 Å². The number of benzene rings is 4. The summed E-state index contributed by atoms with van der Waals surface area (Å²) in [5, 5.41) is 7.31. The Morgan fingerprint density at radius 2 is 1.61 bits per heavy atom. The van der Waals surface area contributed by atoms with Gasteiger partial charge in [-0.05, 0) is 58.8 Å². The first-order valence-electron chi connectivity index (χ1n) is 11.0. The molecule has 36 heavy (non-hydrogen) atoms. The van der Waals surface area contributed by atoms with Gasteiger partial charge in [-0.25, -0.2) is 10.2 Å². The SMILES string of the molecule is O=C(COc1ccc2ccccc2c1)N/N=C/c1ccc(OC(=O)c2sc3ccccc3c2Cl)cc1. The van der Waals surface area contributed by atoms with E-state index in [0.29, 0.717) is 27.0 Å². The van der Waals surface area contributed by atoms with Crippen LogP contribution in [-0.2, 0) is 4.79 Å². The molecule has 0 aliphatic rings. The van der Waals surface area contributed by atoms with Gasteiger partial charge in [-0.15, -0.1) is 11.3 Å². The third kappa shape index (κ3) is 5.38. The number of amides is 1. The van der Waals surface area contributed by atoms with Crippen LogP contribution in [0.15, 0.2) is 96.1 Å². The Labute approximate surface area is 215 Å². The number of rotatable bonds is 7. The Bertz CT molecular complexity index is 1590. The van der Waals surface area contributed by atoms with Gasteiger partial charge in [0, 0.05) is 10.1 Å². The molecule has 0 saturated carbocycles. The number of nitrogens with zero attached hydrogens (tertiary/aromatic N) is 1. The van der Waals surface area contributed by atoms with Gasteiger partial charge in [0.1, 0.15) is 16.4 Å². The summed E-state index contributed by atoms with van der Waals surface area (Å²) in [4.78, 5) is 25.0. The molecular formula is C28H19ClN2O4S. The van der Waals surface area contributed by atoms with Crippen LogP contribution in [0.1, 0.15) is 15.2 Å². The first-order chi connectivity index (χ1) is 17.6. The molecule has 4 aromatic carbocycles. The van der Waals surface area contributed by atoms with E-state index in [2.05, 4.69) is 10.5 Å². The van der Waals surface area contributed by atoms with Crippen LogP contribution in [0.2, 0.25) is 5.02 Å². The number of carbonyl (C=O) groups is 2. The minimum absolute atomic E-state index is 0.162. The predicted octanol–water partition coefficient (Wildman–Crippen LogP) is 6.46. The lowest BCUT2D eigenvalue weighted by Gasteiger charge is -2.06. The third-order valence-electron chi connectivity index (χ3n) is 5.30. The van der Waals surface area contributed by atoms with Crippen LogP contribution in [0, 0.1) is 0 Å². The largest absolute Gasteiger partial charge is 0.484 e. The van der Waals surface area contributed by atoms with Crippen molar-refractivity contribution >= 4 is 61.9 Å². The van der Waals surface area contributed by atoms with Crippen molar-refractivity contribution in [2.75, 3.05) is 6.61 Å². The van der Waals surface area contributed by atoms with Crippen molar-refractivity contribution in [3.05, 3.63) is 106 Å². The Kier molecular flexibility index (Phi) is 6.93. The van der Waals surface area contributed by atoms with Gasteiger partial charge in [0.05, 0.1) is 11.2 Å². The average molecular weight is 515 g/mol. The van der Waals surface area contributed by atoms with E-state index in [1.54, 1.807) is 24.3 Å². The molecule has 0 saturated heterocycles. The van der Waals surface area contributed by atoms with Gasteiger partial charge in [0.25, 0.3) is 5.91 Å². The quantitative estimate of drug-likeness (QED) is 0.117. The molecule has 0 fully saturated rings. The Balaban J connectivity index is 1.12. The van der Waals surface area contributed by atoms with Crippen LogP contribution in [0.3, 0.4) is 0 Å². The minimum atomic E-state index is -0.513. The number of hydrogen-bond donors (Lipinski definition) is 1. The summed E-state index contributed by atoms with van der Waals surface area (Å²) in [7, 11) is 0. The molecule has 5 aromatic rings. The fourth-order valence-electron chi connectivity index (χ4n) is 3.54. The van der Waals surface area contributed by atoms with Gasteiger partial charge >= 0.3 is 5.97 Å². The zero-order valence-electron chi connectivity index (χ0n) is 18.8. The van der Waals surface area contributed by atoms with Gasteiger partial charge in [-0.3, -0.25) is 4.79 Å². The number of fused-ring (bicyclic) bond motifs is 2. The normalized spacial score (nSPS) is 11.1. The molecule has 1 heterocycles. The topological polar surface area (TPSA) is 77.0 Å². The molecule has 0 aliphatic carbocycles. The monoisotopic (exact) mass is 514 g/mol. The van der Waals surface area contributed by atoms with Crippen molar-refractivity contribution in [3.8, 4) is 11.5 Å². The summed E-state index contributed by atoms with van der Waals surface area (Å²) < 4.78 is 11.9. The van der Waals surface area contributed by atoms with Gasteiger partial charge in [0.15, 0.2) is 6.61 Å². The number of hydrazone groups is 1. The molecule has 0 spiro atoms. The van der Waals surface area contributed by atoms with E-state index in [0.717, 1.165) is 20.9 Å². The molecular weight excluding hydrogens is 496 g/mol. The molecule has 5 rings (SSSR count).